The van der Waals surface area contributed by atoms with Gasteiger partial charge in [-0.05, 0) is 23.0 Å². The van der Waals surface area contributed by atoms with Gasteiger partial charge < -0.3 is 4.74 Å². The first kappa shape index (κ1) is 20.3. The second kappa shape index (κ2) is 8.27. The first-order chi connectivity index (χ1) is 13.3. The number of fused-ring (bicyclic) bond motifs is 1. The van der Waals surface area contributed by atoms with Crippen LogP contribution in [0.1, 0.15) is 62.0 Å². The van der Waals surface area contributed by atoms with Gasteiger partial charge in [0.15, 0.2) is 0 Å². The fraction of sp³-hybridized carbons (Fsp3) is 0.409. The maximum atomic E-state index is 13.0. The quantitative estimate of drug-likeness (QED) is 0.444. The largest absolute Gasteiger partial charge is 0.462 e. The first-order valence-corrected chi connectivity index (χ1v) is 10.4. The minimum absolute atomic E-state index is 0.0829. The van der Waals surface area contributed by atoms with Gasteiger partial charge in [-0.15, -0.1) is 11.3 Å². The van der Waals surface area contributed by atoms with Crippen LogP contribution in [0.4, 0.5) is 0 Å². The van der Waals surface area contributed by atoms with Crippen LogP contribution in [0.15, 0.2) is 40.8 Å². The fourth-order valence-electron chi connectivity index (χ4n) is 2.92. The van der Waals surface area contributed by atoms with Crippen LogP contribution < -0.4 is 5.56 Å². The predicted octanol–water partition coefficient (Wildman–Crippen LogP) is 4.76. The van der Waals surface area contributed by atoms with Gasteiger partial charge in [-0.1, -0.05) is 58.4 Å². The molecule has 0 atom stereocenters. The monoisotopic (exact) mass is 398 g/mol. The molecule has 0 spiro atoms. The number of carbonyl (C=O) groups excluding carboxylic acids is 1. The van der Waals surface area contributed by atoms with Crippen molar-refractivity contribution in [3.8, 4) is 0 Å². The van der Waals surface area contributed by atoms with Crippen molar-refractivity contribution in [3.63, 3.8) is 0 Å². The number of unbranched alkanes of at least 4 members (excludes halogenated alkanes) is 1. The lowest BCUT2D eigenvalue weighted by Crippen LogP contribution is -2.22. The number of carbonyl (C=O) groups is 1. The number of hydrogen-bond acceptors (Lipinski definition) is 5. The van der Waals surface area contributed by atoms with E-state index in [1.165, 1.54) is 16.9 Å². The maximum Gasteiger partial charge on any atom is 0.339 e. The van der Waals surface area contributed by atoms with E-state index in [0.717, 1.165) is 18.4 Å². The Morgan fingerprint density at radius 2 is 1.93 bits per heavy atom. The van der Waals surface area contributed by atoms with E-state index in [0.29, 0.717) is 28.9 Å². The number of hydrogen-bond donors (Lipinski definition) is 0. The molecular weight excluding hydrogens is 372 g/mol. The van der Waals surface area contributed by atoms with Crippen molar-refractivity contribution in [2.24, 2.45) is 0 Å². The Hall–Kier alpha value is -2.47. The van der Waals surface area contributed by atoms with Crippen LogP contribution >= 0.6 is 11.3 Å². The summed E-state index contributed by atoms with van der Waals surface area (Å²) >= 11 is 1.29. The molecule has 0 aliphatic rings. The van der Waals surface area contributed by atoms with Gasteiger partial charge in [0, 0.05) is 5.38 Å². The number of thiophene rings is 1. The van der Waals surface area contributed by atoms with Crippen molar-refractivity contribution >= 4 is 27.5 Å². The highest BCUT2D eigenvalue weighted by Gasteiger charge is 2.19. The highest BCUT2D eigenvalue weighted by Crippen LogP contribution is 2.23. The highest BCUT2D eigenvalue weighted by molar-refractivity contribution is 7.17. The minimum atomic E-state index is -0.453. The van der Waals surface area contributed by atoms with Crippen LogP contribution in [0.3, 0.4) is 0 Å². The van der Waals surface area contributed by atoms with E-state index < -0.39 is 5.97 Å². The lowest BCUT2D eigenvalue weighted by Gasteiger charge is -2.19. The molecular formula is C22H26N2O3S. The summed E-state index contributed by atoms with van der Waals surface area (Å²) in [5.41, 5.74) is 2.44. The summed E-state index contributed by atoms with van der Waals surface area (Å²) in [7, 11) is 0. The van der Waals surface area contributed by atoms with Gasteiger partial charge in [-0.3, -0.25) is 9.36 Å². The average molecular weight is 399 g/mol. The molecule has 0 aliphatic heterocycles. The lowest BCUT2D eigenvalue weighted by atomic mass is 9.87. The molecule has 2 heterocycles. The summed E-state index contributed by atoms with van der Waals surface area (Å²) in [4.78, 5) is 30.3. The topological polar surface area (TPSA) is 61.2 Å². The van der Waals surface area contributed by atoms with Gasteiger partial charge in [0.2, 0.25) is 0 Å². The zero-order chi connectivity index (χ0) is 20.3. The Balaban J connectivity index is 1.88. The third-order valence-corrected chi connectivity index (χ3v) is 5.57. The fourth-order valence-corrected chi connectivity index (χ4v) is 3.79. The molecule has 3 rings (SSSR count). The van der Waals surface area contributed by atoms with Gasteiger partial charge in [-0.25, -0.2) is 9.78 Å². The molecule has 0 bridgehead atoms. The maximum absolute atomic E-state index is 13.0. The van der Waals surface area contributed by atoms with Crippen molar-refractivity contribution < 1.29 is 9.53 Å². The second-order valence-electron chi connectivity index (χ2n) is 7.94. The number of nitrogens with zero attached hydrogens (tertiary/aromatic N) is 2. The molecule has 3 aromatic rings. The number of aromatic nitrogens is 2. The highest BCUT2D eigenvalue weighted by atomic mass is 32.1. The summed E-state index contributed by atoms with van der Waals surface area (Å²) in [5, 5.41) is 2.01. The molecule has 0 saturated heterocycles. The van der Waals surface area contributed by atoms with Crippen LogP contribution in [0.25, 0.3) is 10.2 Å². The first-order valence-electron chi connectivity index (χ1n) is 9.54. The van der Waals surface area contributed by atoms with Gasteiger partial charge >= 0.3 is 5.97 Å². The molecule has 5 nitrogen and oxygen atoms in total. The van der Waals surface area contributed by atoms with Crippen molar-refractivity contribution in [2.75, 3.05) is 6.61 Å². The molecule has 1 aromatic carbocycles. The Morgan fingerprint density at radius 1 is 1.21 bits per heavy atom. The van der Waals surface area contributed by atoms with Crippen LogP contribution in [-0.4, -0.2) is 22.1 Å². The molecule has 0 fully saturated rings. The van der Waals surface area contributed by atoms with E-state index in [4.69, 9.17) is 4.74 Å². The van der Waals surface area contributed by atoms with Crippen molar-refractivity contribution in [3.05, 3.63) is 63.0 Å². The average Bonchev–Trinajstić information content (AvgIpc) is 3.09. The van der Waals surface area contributed by atoms with Crippen LogP contribution in [-0.2, 0) is 16.7 Å². The summed E-state index contributed by atoms with van der Waals surface area (Å²) in [5.74, 6) is -0.453. The van der Waals surface area contributed by atoms with Crippen molar-refractivity contribution in [1.82, 2.24) is 9.55 Å². The summed E-state index contributed by atoms with van der Waals surface area (Å²) in [6.07, 6.45) is 3.30. The Kier molecular flexibility index (Phi) is 5.98. The minimum Gasteiger partial charge on any atom is -0.462 e. The lowest BCUT2D eigenvalue weighted by molar-refractivity contribution is 0.0502. The molecule has 6 heteroatoms. The van der Waals surface area contributed by atoms with Gasteiger partial charge in [0.25, 0.3) is 5.56 Å². The summed E-state index contributed by atoms with van der Waals surface area (Å²) in [6, 6.07) is 8.25. The Labute approximate surface area is 169 Å². The number of rotatable bonds is 6. The molecule has 28 heavy (non-hydrogen) atoms. The standard InChI is InChI=1S/C22H26N2O3S/c1-5-6-11-27-21(26)17-13-28-19-18(17)20(25)24(14-23-19)12-15-7-9-16(10-8-15)22(2,3)4/h7-10,13-14H,5-6,11-12H2,1-4H3. The SMILES string of the molecule is CCCCOC(=O)c1csc2ncn(Cc3ccc(C(C)(C)C)cc3)c(=O)c12. The van der Waals surface area contributed by atoms with Crippen molar-refractivity contribution in [2.45, 2.75) is 52.5 Å². The smallest absolute Gasteiger partial charge is 0.339 e. The third-order valence-electron chi connectivity index (χ3n) is 4.68. The zero-order valence-electron chi connectivity index (χ0n) is 16.8. The molecule has 0 amide bonds. The second-order valence-corrected chi connectivity index (χ2v) is 8.80. The van der Waals surface area contributed by atoms with E-state index in [2.05, 4.69) is 37.9 Å². The Morgan fingerprint density at radius 3 is 2.57 bits per heavy atom. The molecule has 2 aromatic heterocycles. The molecule has 0 unspecified atom stereocenters. The number of ether oxygens (including phenoxy) is 1. The van der Waals surface area contributed by atoms with Crippen LogP contribution in [0.2, 0.25) is 0 Å². The zero-order valence-corrected chi connectivity index (χ0v) is 17.6. The third kappa shape index (κ3) is 4.33. The molecule has 0 saturated carbocycles. The van der Waals surface area contributed by atoms with E-state index in [9.17, 15) is 9.59 Å². The normalized spacial score (nSPS) is 11.7. The van der Waals surface area contributed by atoms with Crippen LogP contribution in [0.5, 0.6) is 0 Å². The molecule has 148 valence electrons. The van der Waals surface area contributed by atoms with Gasteiger partial charge in [0.1, 0.15) is 4.83 Å². The summed E-state index contributed by atoms with van der Waals surface area (Å²) < 4.78 is 6.83. The van der Waals surface area contributed by atoms with E-state index in [-0.39, 0.29) is 11.0 Å². The molecule has 0 N–H and O–H groups in total. The van der Waals surface area contributed by atoms with Crippen molar-refractivity contribution in [1.29, 1.82) is 0 Å². The number of benzene rings is 1. The number of esters is 1. The van der Waals surface area contributed by atoms with E-state index >= 15 is 0 Å². The van der Waals surface area contributed by atoms with Crippen LogP contribution in [0, 0.1) is 0 Å². The van der Waals surface area contributed by atoms with Gasteiger partial charge in [0.05, 0.1) is 30.4 Å². The molecule has 0 aliphatic carbocycles. The van der Waals surface area contributed by atoms with E-state index in [1.807, 2.05) is 19.1 Å². The van der Waals surface area contributed by atoms with E-state index in [1.54, 1.807) is 16.3 Å². The summed E-state index contributed by atoms with van der Waals surface area (Å²) in [6.45, 7) is 9.31. The predicted molar refractivity (Wildman–Crippen MR) is 113 cm³/mol. The Bertz CT molecular complexity index is 1030. The molecule has 0 radical (unpaired) electrons. The van der Waals surface area contributed by atoms with Gasteiger partial charge in [-0.2, -0.15) is 0 Å².